The second-order valence-corrected chi connectivity index (χ2v) is 6.14. The Morgan fingerprint density at radius 1 is 1.29 bits per heavy atom. The fourth-order valence-corrected chi connectivity index (χ4v) is 2.55. The summed E-state index contributed by atoms with van der Waals surface area (Å²) in [5.41, 5.74) is 1.13. The SMILES string of the molecule is CN=C(NCc1ccccc1OCCN1CCOCC1)NC(C)C. The van der Waals surface area contributed by atoms with E-state index in [-0.39, 0.29) is 0 Å². The molecule has 134 valence electrons. The predicted molar refractivity (Wildman–Crippen MR) is 97.7 cm³/mol. The highest BCUT2D eigenvalue weighted by atomic mass is 16.5. The molecule has 1 aromatic carbocycles. The first-order chi connectivity index (χ1) is 11.7. The van der Waals surface area contributed by atoms with Crippen LogP contribution in [0, 0.1) is 0 Å². The Morgan fingerprint density at radius 3 is 2.75 bits per heavy atom. The van der Waals surface area contributed by atoms with Crippen LogP contribution in [0.2, 0.25) is 0 Å². The van der Waals surface area contributed by atoms with Crippen molar-refractivity contribution in [3.05, 3.63) is 29.8 Å². The molecule has 0 amide bonds. The molecule has 0 spiro atoms. The molecule has 0 unspecified atom stereocenters. The van der Waals surface area contributed by atoms with Gasteiger partial charge in [-0.05, 0) is 19.9 Å². The van der Waals surface area contributed by atoms with Gasteiger partial charge in [-0.2, -0.15) is 0 Å². The summed E-state index contributed by atoms with van der Waals surface area (Å²) >= 11 is 0. The molecule has 0 saturated carbocycles. The van der Waals surface area contributed by atoms with Crippen molar-refractivity contribution in [1.82, 2.24) is 15.5 Å². The van der Waals surface area contributed by atoms with Crippen LogP contribution in [-0.2, 0) is 11.3 Å². The summed E-state index contributed by atoms with van der Waals surface area (Å²) in [6.45, 7) is 10.1. The molecule has 6 heteroatoms. The third kappa shape index (κ3) is 6.37. The van der Waals surface area contributed by atoms with E-state index in [1.54, 1.807) is 7.05 Å². The molecule has 6 nitrogen and oxygen atoms in total. The van der Waals surface area contributed by atoms with E-state index in [0.29, 0.717) is 19.2 Å². The zero-order chi connectivity index (χ0) is 17.2. The fraction of sp³-hybridized carbons (Fsp3) is 0.611. The largest absolute Gasteiger partial charge is 0.492 e. The van der Waals surface area contributed by atoms with E-state index in [4.69, 9.17) is 9.47 Å². The van der Waals surface area contributed by atoms with Crippen molar-refractivity contribution < 1.29 is 9.47 Å². The first-order valence-corrected chi connectivity index (χ1v) is 8.67. The van der Waals surface area contributed by atoms with E-state index < -0.39 is 0 Å². The third-order valence-corrected chi connectivity index (χ3v) is 3.84. The summed E-state index contributed by atoms with van der Waals surface area (Å²) in [5, 5.41) is 6.61. The maximum Gasteiger partial charge on any atom is 0.191 e. The van der Waals surface area contributed by atoms with Gasteiger partial charge in [-0.3, -0.25) is 9.89 Å². The molecule has 1 aromatic rings. The van der Waals surface area contributed by atoms with Crippen molar-refractivity contribution in [3.63, 3.8) is 0 Å². The van der Waals surface area contributed by atoms with E-state index in [1.807, 2.05) is 18.2 Å². The minimum absolute atomic E-state index is 0.344. The van der Waals surface area contributed by atoms with E-state index >= 15 is 0 Å². The maximum absolute atomic E-state index is 6.00. The Labute approximate surface area is 145 Å². The number of hydrogen-bond acceptors (Lipinski definition) is 4. The van der Waals surface area contributed by atoms with Crippen molar-refractivity contribution in [1.29, 1.82) is 0 Å². The molecule has 2 rings (SSSR count). The van der Waals surface area contributed by atoms with E-state index in [0.717, 1.165) is 50.1 Å². The molecular weight excluding hydrogens is 304 g/mol. The molecule has 0 aromatic heterocycles. The van der Waals surface area contributed by atoms with Crippen molar-refractivity contribution in [2.75, 3.05) is 46.5 Å². The Hall–Kier alpha value is -1.79. The van der Waals surface area contributed by atoms with Crippen LogP contribution in [0.25, 0.3) is 0 Å². The van der Waals surface area contributed by atoms with Gasteiger partial charge >= 0.3 is 0 Å². The number of hydrogen-bond donors (Lipinski definition) is 2. The van der Waals surface area contributed by atoms with E-state index in [1.165, 1.54) is 0 Å². The van der Waals surface area contributed by atoms with Crippen LogP contribution in [0.15, 0.2) is 29.3 Å². The van der Waals surface area contributed by atoms with Crippen LogP contribution in [0.4, 0.5) is 0 Å². The van der Waals surface area contributed by atoms with Crippen molar-refractivity contribution in [3.8, 4) is 5.75 Å². The molecule has 1 fully saturated rings. The minimum Gasteiger partial charge on any atom is -0.492 e. The van der Waals surface area contributed by atoms with E-state index in [2.05, 4.69) is 40.4 Å². The smallest absolute Gasteiger partial charge is 0.191 e. The van der Waals surface area contributed by atoms with Gasteiger partial charge in [0.15, 0.2) is 5.96 Å². The lowest BCUT2D eigenvalue weighted by molar-refractivity contribution is 0.0322. The van der Waals surface area contributed by atoms with E-state index in [9.17, 15) is 0 Å². The summed E-state index contributed by atoms with van der Waals surface area (Å²) in [4.78, 5) is 6.61. The van der Waals surface area contributed by atoms with Gasteiger partial charge in [0, 0.05) is 44.8 Å². The normalized spacial score (nSPS) is 16.2. The predicted octanol–water partition coefficient (Wildman–Crippen LogP) is 1.47. The highest BCUT2D eigenvalue weighted by Crippen LogP contribution is 2.17. The van der Waals surface area contributed by atoms with Gasteiger partial charge in [0.2, 0.25) is 0 Å². The summed E-state index contributed by atoms with van der Waals surface area (Å²) in [7, 11) is 1.78. The first-order valence-electron chi connectivity index (χ1n) is 8.67. The zero-order valence-electron chi connectivity index (χ0n) is 15.0. The Kier molecular flexibility index (Phi) is 7.85. The van der Waals surface area contributed by atoms with Crippen LogP contribution < -0.4 is 15.4 Å². The lowest BCUT2D eigenvalue weighted by atomic mass is 10.2. The average molecular weight is 334 g/mol. The summed E-state index contributed by atoms with van der Waals surface area (Å²) in [6.07, 6.45) is 0. The number of morpholine rings is 1. The van der Waals surface area contributed by atoms with Gasteiger partial charge in [-0.25, -0.2) is 0 Å². The number of benzene rings is 1. The molecule has 1 aliphatic heterocycles. The molecule has 1 saturated heterocycles. The topological polar surface area (TPSA) is 58.1 Å². The molecule has 1 heterocycles. The molecule has 1 aliphatic rings. The number of nitrogens with zero attached hydrogens (tertiary/aromatic N) is 2. The van der Waals surface area contributed by atoms with Gasteiger partial charge in [-0.15, -0.1) is 0 Å². The van der Waals surface area contributed by atoms with Gasteiger partial charge in [0.1, 0.15) is 12.4 Å². The summed E-state index contributed by atoms with van der Waals surface area (Å²) < 4.78 is 11.4. The number of nitrogens with one attached hydrogen (secondary N) is 2. The number of para-hydroxylation sites is 1. The average Bonchev–Trinajstić information content (AvgIpc) is 2.60. The van der Waals surface area contributed by atoms with Crippen LogP contribution in [0.1, 0.15) is 19.4 Å². The van der Waals surface area contributed by atoms with Gasteiger partial charge in [-0.1, -0.05) is 18.2 Å². The maximum atomic E-state index is 6.00. The molecule has 0 atom stereocenters. The van der Waals surface area contributed by atoms with Crippen LogP contribution >= 0.6 is 0 Å². The summed E-state index contributed by atoms with van der Waals surface area (Å²) in [6, 6.07) is 8.49. The zero-order valence-corrected chi connectivity index (χ0v) is 15.0. The molecule has 0 radical (unpaired) electrons. The standard InChI is InChI=1S/C18H30N4O2/c1-15(2)21-18(19-3)20-14-16-6-4-5-7-17(16)24-13-10-22-8-11-23-12-9-22/h4-7,15H,8-14H2,1-3H3,(H2,19,20,21). The lowest BCUT2D eigenvalue weighted by Crippen LogP contribution is -2.40. The van der Waals surface area contributed by atoms with Crippen LogP contribution in [0.5, 0.6) is 5.75 Å². The Balaban J connectivity index is 1.82. The van der Waals surface area contributed by atoms with Crippen LogP contribution in [-0.4, -0.2) is 63.4 Å². The molecule has 24 heavy (non-hydrogen) atoms. The van der Waals surface area contributed by atoms with Crippen molar-refractivity contribution in [2.24, 2.45) is 4.99 Å². The minimum atomic E-state index is 0.344. The quantitative estimate of drug-likeness (QED) is 0.584. The Morgan fingerprint density at radius 2 is 2.04 bits per heavy atom. The monoisotopic (exact) mass is 334 g/mol. The number of rotatable bonds is 7. The summed E-state index contributed by atoms with van der Waals surface area (Å²) in [5.74, 6) is 1.73. The van der Waals surface area contributed by atoms with Crippen molar-refractivity contribution in [2.45, 2.75) is 26.4 Å². The first kappa shape index (κ1) is 18.5. The van der Waals surface area contributed by atoms with Gasteiger partial charge in [0.05, 0.1) is 13.2 Å². The second kappa shape index (κ2) is 10.2. The third-order valence-electron chi connectivity index (χ3n) is 3.84. The van der Waals surface area contributed by atoms with Crippen molar-refractivity contribution >= 4 is 5.96 Å². The molecule has 0 aliphatic carbocycles. The Bertz CT molecular complexity index is 513. The molecule has 0 bridgehead atoms. The van der Waals surface area contributed by atoms with Crippen LogP contribution in [0.3, 0.4) is 0 Å². The second-order valence-electron chi connectivity index (χ2n) is 6.14. The highest BCUT2D eigenvalue weighted by Gasteiger charge is 2.10. The van der Waals surface area contributed by atoms with Gasteiger partial charge in [0.25, 0.3) is 0 Å². The fourth-order valence-electron chi connectivity index (χ4n) is 2.55. The number of aliphatic imine (C=N–C) groups is 1. The number of ether oxygens (including phenoxy) is 2. The lowest BCUT2D eigenvalue weighted by Gasteiger charge is -2.26. The van der Waals surface area contributed by atoms with Gasteiger partial charge < -0.3 is 20.1 Å². The number of guanidine groups is 1. The highest BCUT2D eigenvalue weighted by molar-refractivity contribution is 5.79. The molecular formula is C18H30N4O2. The molecule has 2 N–H and O–H groups in total.